The predicted octanol–water partition coefficient (Wildman–Crippen LogP) is 3.41. The Morgan fingerprint density at radius 3 is 2.90 bits per heavy atom. The summed E-state index contributed by atoms with van der Waals surface area (Å²) in [4.78, 5) is 5.11. The second-order valence-corrected chi connectivity index (χ2v) is 6.37. The van der Waals surface area contributed by atoms with Gasteiger partial charge in [-0.25, -0.2) is 0 Å². The molecule has 0 aliphatic carbocycles. The highest BCUT2D eigenvalue weighted by atomic mass is 35.5. The minimum Gasteiger partial charge on any atom is -0.497 e. The van der Waals surface area contributed by atoms with E-state index in [0.717, 1.165) is 29.5 Å². The Labute approximate surface area is 126 Å². The summed E-state index contributed by atoms with van der Waals surface area (Å²) in [6, 6.07) is 7.11. The van der Waals surface area contributed by atoms with E-state index in [1.54, 1.807) is 7.11 Å². The lowest BCUT2D eigenvalue weighted by atomic mass is 9.96. The lowest BCUT2D eigenvalue weighted by Crippen LogP contribution is -2.58. The van der Waals surface area contributed by atoms with Gasteiger partial charge in [-0.1, -0.05) is 18.0 Å². The normalized spacial score (nSPS) is 27.2. The summed E-state index contributed by atoms with van der Waals surface area (Å²) in [7, 11) is 1.70. The minimum absolute atomic E-state index is 0.494. The van der Waals surface area contributed by atoms with Gasteiger partial charge in [-0.15, -0.1) is 0 Å². The number of methoxy groups -OCH3 is 1. The number of piperazine rings is 1. The second kappa shape index (κ2) is 5.82. The lowest BCUT2D eigenvalue weighted by Gasteiger charge is -2.48. The minimum atomic E-state index is 0.494. The van der Waals surface area contributed by atoms with Crippen molar-refractivity contribution in [3.8, 4) is 5.75 Å². The van der Waals surface area contributed by atoms with Crippen LogP contribution in [0.1, 0.15) is 26.2 Å². The molecule has 3 rings (SSSR count). The average molecular weight is 295 g/mol. The first-order valence-electron chi connectivity index (χ1n) is 7.53. The number of rotatable bonds is 2. The molecule has 110 valence electrons. The van der Waals surface area contributed by atoms with Crippen molar-refractivity contribution in [3.05, 3.63) is 23.2 Å². The van der Waals surface area contributed by atoms with Crippen LogP contribution in [0.3, 0.4) is 0 Å². The van der Waals surface area contributed by atoms with Crippen LogP contribution >= 0.6 is 11.6 Å². The SMILES string of the molecule is COc1ccc(Cl)c(N2CC3CCCCN3CC2C)c1. The highest BCUT2D eigenvalue weighted by Crippen LogP contribution is 2.34. The smallest absolute Gasteiger partial charge is 0.121 e. The Bertz CT molecular complexity index is 480. The van der Waals surface area contributed by atoms with Gasteiger partial charge in [-0.05, 0) is 38.4 Å². The van der Waals surface area contributed by atoms with Gasteiger partial charge >= 0.3 is 0 Å². The molecule has 0 radical (unpaired) electrons. The Hall–Kier alpha value is -0.930. The van der Waals surface area contributed by atoms with Gasteiger partial charge in [0.25, 0.3) is 0 Å². The zero-order chi connectivity index (χ0) is 14.1. The number of hydrogen-bond acceptors (Lipinski definition) is 3. The van der Waals surface area contributed by atoms with E-state index in [-0.39, 0.29) is 0 Å². The predicted molar refractivity (Wildman–Crippen MR) is 84.0 cm³/mol. The highest BCUT2D eigenvalue weighted by Gasteiger charge is 2.33. The number of hydrogen-bond donors (Lipinski definition) is 0. The van der Waals surface area contributed by atoms with E-state index in [2.05, 4.69) is 22.8 Å². The van der Waals surface area contributed by atoms with Crippen molar-refractivity contribution in [1.29, 1.82) is 0 Å². The van der Waals surface area contributed by atoms with Gasteiger partial charge in [0.2, 0.25) is 0 Å². The molecule has 1 aromatic rings. The third-order valence-electron chi connectivity index (χ3n) is 4.65. The molecule has 0 aromatic heterocycles. The molecule has 3 nitrogen and oxygen atoms in total. The monoisotopic (exact) mass is 294 g/mol. The summed E-state index contributed by atoms with van der Waals surface area (Å²) in [5, 5.41) is 0.821. The third-order valence-corrected chi connectivity index (χ3v) is 4.97. The van der Waals surface area contributed by atoms with Crippen LogP contribution in [-0.4, -0.2) is 43.7 Å². The molecule has 2 unspecified atom stereocenters. The topological polar surface area (TPSA) is 15.7 Å². The number of fused-ring (bicyclic) bond motifs is 1. The fourth-order valence-corrected chi connectivity index (χ4v) is 3.75. The van der Waals surface area contributed by atoms with Gasteiger partial charge in [-0.3, -0.25) is 4.90 Å². The maximum absolute atomic E-state index is 6.42. The molecule has 2 aliphatic rings. The Balaban J connectivity index is 1.85. The molecule has 0 N–H and O–H groups in total. The van der Waals surface area contributed by atoms with E-state index in [9.17, 15) is 0 Å². The zero-order valence-corrected chi connectivity index (χ0v) is 13.1. The first kappa shape index (κ1) is 14.0. The zero-order valence-electron chi connectivity index (χ0n) is 12.3. The molecule has 0 spiro atoms. The number of nitrogens with zero attached hydrogens (tertiary/aromatic N) is 2. The van der Waals surface area contributed by atoms with Crippen LogP contribution in [0.4, 0.5) is 5.69 Å². The molecule has 1 aromatic carbocycles. The maximum atomic E-state index is 6.42. The summed E-state index contributed by atoms with van der Waals surface area (Å²) >= 11 is 6.42. The van der Waals surface area contributed by atoms with Gasteiger partial charge < -0.3 is 9.64 Å². The maximum Gasteiger partial charge on any atom is 0.121 e. The van der Waals surface area contributed by atoms with Crippen LogP contribution in [0.5, 0.6) is 5.75 Å². The molecule has 2 atom stereocenters. The fourth-order valence-electron chi connectivity index (χ4n) is 3.53. The van der Waals surface area contributed by atoms with Crippen molar-refractivity contribution >= 4 is 17.3 Å². The summed E-state index contributed by atoms with van der Waals surface area (Å²) in [6.45, 7) is 5.77. The molecule has 0 saturated carbocycles. The summed E-state index contributed by atoms with van der Waals surface area (Å²) in [5.74, 6) is 0.877. The molecular weight excluding hydrogens is 272 g/mol. The number of ether oxygens (including phenoxy) is 1. The molecule has 2 saturated heterocycles. The van der Waals surface area contributed by atoms with E-state index in [1.165, 1.54) is 25.8 Å². The molecule has 0 amide bonds. The molecule has 0 bridgehead atoms. The van der Waals surface area contributed by atoms with E-state index >= 15 is 0 Å². The fraction of sp³-hybridized carbons (Fsp3) is 0.625. The first-order valence-corrected chi connectivity index (χ1v) is 7.91. The largest absolute Gasteiger partial charge is 0.497 e. The summed E-state index contributed by atoms with van der Waals surface area (Å²) < 4.78 is 5.35. The van der Waals surface area contributed by atoms with E-state index < -0.39 is 0 Å². The quantitative estimate of drug-likeness (QED) is 0.831. The summed E-state index contributed by atoms with van der Waals surface area (Å²) in [6.07, 6.45) is 4.02. The van der Waals surface area contributed by atoms with Crippen LogP contribution < -0.4 is 9.64 Å². The Morgan fingerprint density at radius 2 is 2.10 bits per heavy atom. The van der Waals surface area contributed by atoms with E-state index in [1.807, 2.05) is 12.1 Å². The Morgan fingerprint density at radius 1 is 1.25 bits per heavy atom. The molecule has 4 heteroatoms. The van der Waals surface area contributed by atoms with Crippen LogP contribution in [0.2, 0.25) is 5.02 Å². The molecule has 20 heavy (non-hydrogen) atoms. The van der Waals surface area contributed by atoms with Crippen molar-refractivity contribution < 1.29 is 4.74 Å². The first-order chi connectivity index (χ1) is 9.69. The van der Waals surface area contributed by atoms with Crippen LogP contribution in [0.25, 0.3) is 0 Å². The molecule has 2 heterocycles. The molecule has 2 fully saturated rings. The second-order valence-electron chi connectivity index (χ2n) is 5.96. The number of anilines is 1. The lowest BCUT2D eigenvalue weighted by molar-refractivity contribution is 0.115. The van der Waals surface area contributed by atoms with E-state index in [0.29, 0.717) is 12.1 Å². The van der Waals surface area contributed by atoms with Crippen molar-refractivity contribution in [2.75, 3.05) is 31.6 Å². The van der Waals surface area contributed by atoms with Gasteiger partial charge in [0.1, 0.15) is 5.75 Å². The van der Waals surface area contributed by atoms with Gasteiger partial charge in [0.15, 0.2) is 0 Å². The average Bonchev–Trinajstić information content (AvgIpc) is 2.47. The van der Waals surface area contributed by atoms with Crippen LogP contribution in [0.15, 0.2) is 18.2 Å². The number of halogens is 1. The Kier molecular flexibility index (Phi) is 4.08. The van der Waals surface area contributed by atoms with Crippen molar-refractivity contribution in [1.82, 2.24) is 4.90 Å². The van der Waals surface area contributed by atoms with Gasteiger partial charge in [-0.2, -0.15) is 0 Å². The van der Waals surface area contributed by atoms with E-state index in [4.69, 9.17) is 16.3 Å². The van der Waals surface area contributed by atoms with Gasteiger partial charge in [0, 0.05) is 31.2 Å². The van der Waals surface area contributed by atoms with Crippen LogP contribution in [-0.2, 0) is 0 Å². The van der Waals surface area contributed by atoms with Gasteiger partial charge in [0.05, 0.1) is 17.8 Å². The van der Waals surface area contributed by atoms with Crippen molar-refractivity contribution in [3.63, 3.8) is 0 Å². The standard InChI is InChI=1S/C16H23ClN2O/c1-12-10-18-8-4-3-5-13(18)11-19(12)16-9-14(20-2)6-7-15(16)17/h6-7,9,12-13H,3-5,8,10-11H2,1-2H3. The summed E-state index contributed by atoms with van der Waals surface area (Å²) in [5.41, 5.74) is 1.11. The van der Waals surface area contributed by atoms with Crippen molar-refractivity contribution in [2.24, 2.45) is 0 Å². The van der Waals surface area contributed by atoms with Crippen LogP contribution in [0, 0.1) is 0 Å². The number of benzene rings is 1. The third kappa shape index (κ3) is 2.61. The molecular formula is C16H23ClN2O. The highest BCUT2D eigenvalue weighted by molar-refractivity contribution is 6.33. The van der Waals surface area contributed by atoms with Crippen molar-refractivity contribution in [2.45, 2.75) is 38.3 Å². The molecule has 2 aliphatic heterocycles. The number of piperidine rings is 1.